The van der Waals surface area contributed by atoms with Crippen molar-refractivity contribution in [2.75, 3.05) is 33.2 Å². The number of nitrogens with one attached hydrogen (secondary N) is 1. The van der Waals surface area contributed by atoms with Gasteiger partial charge in [-0.1, -0.05) is 6.92 Å². The van der Waals surface area contributed by atoms with E-state index in [2.05, 4.69) is 5.32 Å². The topological polar surface area (TPSA) is 90.0 Å². The molecule has 0 aliphatic carbocycles. The summed E-state index contributed by atoms with van der Waals surface area (Å²) in [5.41, 5.74) is 0. The lowest BCUT2D eigenvalue weighted by molar-refractivity contribution is -0.142. The molecule has 0 saturated heterocycles. The fourth-order valence-electron chi connectivity index (χ4n) is 1.86. The highest BCUT2D eigenvalue weighted by atomic mass is 16.4. The number of hydrogen-bond donors (Lipinski definition) is 2. The SMILES string of the molecule is CCN(CC(=O)NC(C)C)C(=O)CN(C)CC(C)C(=O)O. The quantitative estimate of drug-likeness (QED) is 0.626. The van der Waals surface area contributed by atoms with Gasteiger partial charge in [-0.2, -0.15) is 0 Å². The Hall–Kier alpha value is -1.63. The Kier molecular flexibility index (Phi) is 8.61. The molecule has 0 aromatic rings. The summed E-state index contributed by atoms with van der Waals surface area (Å²) in [6, 6.07) is 0.0328. The summed E-state index contributed by atoms with van der Waals surface area (Å²) >= 11 is 0. The second-order valence-corrected chi connectivity index (χ2v) is 5.57. The number of carbonyl (C=O) groups excluding carboxylic acids is 2. The monoisotopic (exact) mass is 301 g/mol. The second-order valence-electron chi connectivity index (χ2n) is 5.57. The molecular weight excluding hydrogens is 274 g/mol. The first-order valence-corrected chi connectivity index (χ1v) is 7.15. The Balaban J connectivity index is 4.38. The van der Waals surface area contributed by atoms with Crippen LogP contribution in [-0.2, 0) is 14.4 Å². The standard InChI is InChI=1S/C14H27N3O4/c1-6-17(8-12(18)15-10(2)3)13(19)9-16(5)7-11(4)14(20)21/h10-11H,6-9H2,1-5H3,(H,15,18)(H,20,21). The molecule has 2 N–H and O–H groups in total. The van der Waals surface area contributed by atoms with E-state index in [0.717, 1.165) is 0 Å². The lowest BCUT2D eigenvalue weighted by Crippen LogP contribution is -2.46. The smallest absolute Gasteiger partial charge is 0.307 e. The Morgan fingerprint density at radius 3 is 2.14 bits per heavy atom. The Morgan fingerprint density at radius 2 is 1.71 bits per heavy atom. The highest BCUT2D eigenvalue weighted by Crippen LogP contribution is 2.00. The molecule has 0 heterocycles. The molecule has 0 aliphatic rings. The molecule has 21 heavy (non-hydrogen) atoms. The molecular formula is C14H27N3O4. The third-order valence-corrected chi connectivity index (χ3v) is 2.93. The van der Waals surface area contributed by atoms with Gasteiger partial charge in [-0.3, -0.25) is 19.3 Å². The van der Waals surface area contributed by atoms with Crippen LogP contribution >= 0.6 is 0 Å². The third kappa shape index (κ3) is 8.29. The fraction of sp³-hybridized carbons (Fsp3) is 0.786. The first-order chi connectivity index (χ1) is 9.67. The molecule has 1 atom stereocenters. The minimum atomic E-state index is -0.891. The predicted molar refractivity (Wildman–Crippen MR) is 79.8 cm³/mol. The van der Waals surface area contributed by atoms with Crippen molar-refractivity contribution in [3.05, 3.63) is 0 Å². The zero-order chi connectivity index (χ0) is 16.6. The van der Waals surface area contributed by atoms with Crippen LogP contribution in [0.15, 0.2) is 0 Å². The molecule has 2 amide bonds. The number of amides is 2. The van der Waals surface area contributed by atoms with E-state index >= 15 is 0 Å². The van der Waals surface area contributed by atoms with Crippen molar-refractivity contribution in [1.29, 1.82) is 0 Å². The van der Waals surface area contributed by atoms with Gasteiger partial charge < -0.3 is 15.3 Å². The highest BCUT2D eigenvalue weighted by molar-refractivity contribution is 5.85. The minimum absolute atomic E-state index is 0.0236. The molecule has 7 heteroatoms. The fourth-order valence-corrected chi connectivity index (χ4v) is 1.86. The number of rotatable bonds is 9. The maximum absolute atomic E-state index is 12.1. The van der Waals surface area contributed by atoms with Crippen molar-refractivity contribution in [1.82, 2.24) is 15.1 Å². The molecule has 0 spiro atoms. The van der Waals surface area contributed by atoms with Gasteiger partial charge >= 0.3 is 5.97 Å². The normalized spacial score (nSPS) is 12.3. The number of carbonyl (C=O) groups is 3. The van der Waals surface area contributed by atoms with E-state index in [0.29, 0.717) is 6.54 Å². The highest BCUT2D eigenvalue weighted by Gasteiger charge is 2.20. The number of likely N-dealkylation sites (N-methyl/N-ethyl adjacent to an activating group) is 2. The number of hydrogen-bond acceptors (Lipinski definition) is 4. The zero-order valence-electron chi connectivity index (χ0n) is 13.5. The van der Waals surface area contributed by atoms with Gasteiger partial charge in [0.15, 0.2) is 0 Å². The molecule has 0 saturated carbocycles. The summed E-state index contributed by atoms with van der Waals surface area (Å²) in [6.07, 6.45) is 0. The van der Waals surface area contributed by atoms with E-state index < -0.39 is 11.9 Å². The number of carboxylic acids is 1. The van der Waals surface area contributed by atoms with Gasteiger partial charge in [0, 0.05) is 19.1 Å². The van der Waals surface area contributed by atoms with Crippen molar-refractivity contribution in [3.8, 4) is 0 Å². The lowest BCUT2D eigenvalue weighted by atomic mass is 10.2. The average Bonchev–Trinajstić information content (AvgIpc) is 2.34. The van der Waals surface area contributed by atoms with E-state index in [9.17, 15) is 14.4 Å². The first kappa shape index (κ1) is 19.4. The van der Waals surface area contributed by atoms with Gasteiger partial charge in [0.25, 0.3) is 0 Å². The zero-order valence-corrected chi connectivity index (χ0v) is 13.5. The maximum Gasteiger partial charge on any atom is 0.307 e. The van der Waals surface area contributed by atoms with Gasteiger partial charge in [-0.25, -0.2) is 0 Å². The summed E-state index contributed by atoms with van der Waals surface area (Å²) in [5.74, 6) is -1.81. The summed E-state index contributed by atoms with van der Waals surface area (Å²) in [7, 11) is 1.69. The number of nitrogens with zero attached hydrogens (tertiary/aromatic N) is 2. The summed E-state index contributed by atoms with van der Waals surface area (Å²) < 4.78 is 0. The molecule has 122 valence electrons. The number of carboxylic acid groups (broad SMARTS) is 1. The summed E-state index contributed by atoms with van der Waals surface area (Å²) in [6.45, 7) is 7.96. The van der Waals surface area contributed by atoms with E-state index in [1.165, 1.54) is 4.90 Å². The molecule has 1 unspecified atom stereocenters. The van der Waals surface area contributed by atoms with Gasteiger partial charge in [0.1, 0.15) is 0 Å². The first-order valence-electron chi connectivity index (χ1n) is 7.15. The summed E-state index contributed by atoms with van der Waals surface area (Å²) in [4.78, 5) is 37.7. The molecule has 0 aromatic heterocycles. The molecule has 0 bridgehead atoms. The van der Waals surface area contributed by atoms with Crippen LogP contribution in [0.3, 0.4) is 0 Å². The Morgan fingerprint density at radius 1 is 1.14 bits per heavy atom. The Bertz CT molecular complexity index is 371. The van der Waals surface area contributed by atoms with E-state index in [1.54, 1.807) is 25.8 Å². The van der Waals surface area contributed by atoms with Gasteiger partial charge in [-0.15, -0.1) is 0 Å². The van der Waals surface area contributed by atoms with Crippen LogP contribution in [0.5, 0.6) is 0 Å². The Labute approximate surface area is 126 Å². The molecule has 0 fully saturated rings. The second kappa shape index (κ2) is 9.33. The molecule has 0 aromatic carbocycles. The van der Waals surface area contributed by atoms with Crippen molar-refractivity contribution >= 4 is 17.8 Å². The number of aliphatic carboxylic acids is 1. The van der Waals surface area contributed by atoms with Crippen molar-refractivity contribution < 1.29 is 19.5 Å². The van der Waals surface area contributed by atoms with Crippen LogP contribution in [-0.4, -0.2) is 72.0 Å². The lowest BCUT2D eigenvalue weighted by Gasteiger charge is -2.25. The average molecular weight is 301 g/mol. The third-order valence-electron chi connectivity index (χ3n) is 2.93. The minimum Gasteiger partial charge on any atom is -0.481 e. The van der Waals surface area contributed by atoms with Crippen molar-refractivity contribution in [3.63, 3.8) is 0 Å². The van der Waals surface area contributed by atoms with Gasteiger partial charge in [-0.05, 0) is 27.8 Å². The largest absolute Gasteiger partial charge is 0.481 e. The van der Waals surface area contributed by atoms with Crippen LogP contribution in [0, 0.1) is 5.92 Å². The van der Waals surface area contributed by atoms with Crippen LogP contribution < -0.4 is 5.32 Å². The van der Waals surface area contributed by atoms with Gasteiger partial charge in [0.2, 0.25) is 11.8 Å². The van der Waals surface area contributed by atoms with Crippen molar-refractivity contribution in [2.24, 2.45) is 5.92 Å². The molecule has 0 aliphatic heterocycles. The molecule has 0 radical (unpaired) electrons. The van der Waals surface area contributed by atoms with Gasteiger partial charge in [0.05, 0.1) is 19.0 Å². The molecule has 7 nitrogen and oxygen atoms in total. The predicted octanol–water partition coefficient (Wildman–Crippen LogP) is 0.0120. The van der Waals surface area contributed by atoms with Crippen LogP contribution in [0.25, 0.3) is 0 Å². The van der Waals surface area contributed by atoms with E-state index in [4.69, 9.17) is 5.11 Å². The van der Waals surface area contributed by atoms with Crippen molar-refractivity contribution in [2.45, 2.75) is 33.7 Å². The van der Waals surface area contributed by atoms with E-state index in [-0.39, 0.29) is 37.5 Å². The van der Waals surface area contributed by atoms with Crippen LogP contribution in [0.4, 0.5) is 0 Å². The van der Waals surface area contributed by atoms with Crippen LogP contribution in [0.2, 0.25) is 0 Å². The maximum atomic E-state index is 12.1. The molecule has 0 rings (SSSR count). The van der Waals surface area contributed by atoms with Crippen LogP contribution in [0.1, 0.15) is 27.7 Å². The van der Waals surface area contributed by atoms with E-state index in [1.807, 2.05) is 13.8 Å². The summed E-state index contributed by atoms with van der Waals surface area (Å²) in [5, 5.41) is 11.6.